The van der Waals surface area contributed by atoms with Crippen molar-refractivity contribution in [2.24, 2.45) is 0 Å². The first-order valence-electron chi connectivity index (χ1n) is 10.8. The summed E-state index contributed by atoms with van der Waals surface area (Å²) in [5.41, 5.74) is 1.38. The molecule has 172 valence electrons. The zero-order chi connectivity index (χ0) is 23.9. The van der Waals surface area contributed by atoms with Gasteiger partial charge in [-0.1, -0.05) is 24.3 Å². The smallest absolute Gasteiger partial charge is 0.269 e. The van der Waals surface area contributed by atoms with Crippen molar-refractivity contribution in [3.8, 4) is 0 Å². The van der Waals surface area contributed by atoms with Crippen molar-refractivity contribution in [1.82, 2.24) is 20.3 Å². The van der Waals surface area contributed by atoms with Crippen LogP contribution >= 0.6 is 0 Å². The van der Waals surface area contributed by atoms with E-state index in [2.05, 4.69) is 30.9 Å². The number of carbonyl (C=O) groups is 2. The molecule has 4 aromatic rings. The SMILES string of the molecule is CC(O)CNC(=O)c1cc(CNc2ncccc2C(=O)Nc2cc3ccccc3cn2)ccn1. The van der Waals surface area contributed by atoms with Gasteiger partial charge in [-0.15, -0.1) is 0 Å². The number of rotatable bonds is 8. The second-order valence-corrected chi connectivity index (χ2v) is 7.73. The second-order valence-electron chi connectivity index (χ2n) is 7.73. The van der Waals surface area contributed by atoms with E-state index in [4.69, 9.17) is 0 Å². The highest BCUT2D eigenvalue weighted by Gasteiger charge is 2.14. The molecule has 0 bridgehead atoms. The van der Waals surface area contributed by atoms with Gasteiger partial charge in [-0.25, -0.2) is 9.97 Å². The Bertz CT molecular complexity index is 1320. The molecule has 3 aromatic heterocycles. The summed E-state index contributed by atoms with van der Waals surface area (Å²) in [6, 6.07) is 16.4. The first-order chi connectivity index (χ1) is 16.5. The maximum absolute atomic E-state index is 12.9. The van der Waals surface area contributed by atoms with Gasteiger partial charge in [-0.2, -0.15) is 0 Å². The number of anilines is 2. The van der Waals surface area contributed by atoms with Crippen LogP contribution in [0.15, 0.2) is 73.2 Å². The van der Waals surface area contributed by atoms with E-state index < -0.39 is 6.10 Å². The average molecular weight is 457 g/mol. The third-order valence-corrected chi connectivity index (χ3v) is 5.00. The van der Waals surface area contributed by atoms with Crippen molar-refractivity contribution >= 4 is 34.2 Å². The molecule has 4 rings (SSSR count). The number of benzene rings is 1. The molecule has 0 aliphatic carbocycles. The molecule has 0 radical (unpaired) electrons. The lowest BCUT2D eigenvalue weighted by molar-refractivity contribution is 0.0918. The molecule has 3 heterocycles. The molecule has 9 nitrogen and oxygen atoms in total. The van der Waals surface area contributed by atoms with Crippen molar-refractivity contribution < 1.29 is 14.7 Å². The van der Waals surface area contributed by atoms with Crippen molar-refractivity contribution in [3.05, 3.63) is 90.0 Å². The predicted octanol–water partition coefficient (Wildman–Crippen LogP) is 3.00. The number of amides is 2. The van der Waals surface area contributed by atoms with E-state index in [-0.39, 0.29) is 24.1 Å². The van der Waals surface area contributed by atoms with Crippen LogP contribution < -0.4 is 16.0 Å². The van der Waals surface area contributed by atoms with Crippen LogP contribution in [-0.4, -0.2) is 44.5 Å². The Kier molecular flexibility index (Phi) is 7.04. The number of nitrogens with one attached hydrogen (secondary N) is 3. The molecule has 1 aromatic carbocycles. The normalized spacial score (nSPS) is 11.6. The molecule has 1 atom stereocenters. The van der Waals surface area contributed by atoms with Gasteiger partial charge in [0, 0.05) is 37.1 Å². The van der Waals surface area contributed by atoms with Gasteiger partial charge >= 0.3 is 0 Å². The Morgan fingerprint density at radius 3 is 2.59 bits per heavy atom. The highest BCUT2D eigenvalue weighted by atomic mass is 16.3. The number of carbonyl (C=O) groups excluding carboxylic acids is 2. The standard InChI is InChI=1S/C25H24N6O3/c1-16(32)13-30-25(34)21-11-17(8-10-26-21)14-29-23-20(7-4-9-27-23)24(33)31-22-12-18-5-2-3-6-19(18)15-28-22/h2-12,15-16,32H,13-14H2,1H3,(H,27,29)(H,30,34)(H,28,31,33). The minimum absolute atomic E-state index is 0.140. The topological polar surface area (TPSA) is 129 Å². The minimum atomic E-state index is -0.646. The van der Waals surface area contributed by atoms with Gasteiger partial charge < -0.3 is 21.1 Å². The number of hydrogen-bond donors (Lipinski definition) is 4. The fraction of sp³-hybridized carbons (Fsp3) is 0.160. The molecule has 34 heavy (non-hydrogen) atoms. The van der Waals surface area contributed by atoms with E-state index >= 15 is 0 Å². The molecule has 0 saturated heterocycles. The molecule has 2 amide bonds. The summed E-state index contributed by atoms with van der Waals surface area (Å²) < 4.78 is 0. The lowest BCUT2D eigenvalue weighted by atomic mass is 10.2. The van der Waals surface area contributed by atoms with E-state index in [1.54, 1.807) is 43.6 Å². The van der Waals surface area contributed by atoms with Crippen LogP contribution in [0.3, 0.4) is 0 Å². The highest BCUT2D eigenvalue weighted by molar-refractivity contribution is 6.07. The summed E-state index contributed by atoms with van der Waals surface area (Å²) in [7, 11) is 0. The zero-order valence-electron chi connectivity index (χ0n) is 18.5. The molecular formula is C25H24N6O3. The molecule has 0 fully saturated rings. The Morgan fingerprint density at radius 1 is 0.941 bits per heavy atom. The van der Waals surface area contributed by atoms with Gasteiger partial charge in [0.05, 0.1) is 11.7 Å². The van der Waals surface area contributed by atoms with Gasteiger partial charge in [0.2, 0.25) is 0 Å². The Hall–Kier alpha value is -4.37. The van der Waals surface area contributed by atoms with E-state index in [0.29, 0.717) is 23.7 Å². The molecule has 0 aliphatic rings. The fourth-order valence-corrected chi connectivity index (χ4v) is 3.29. The Morgan fingerprint density at radius 2 is 1.76 bits per heavy atom. The number of aromatic nitrogens is 3. The number of fused-ring (bicyclic) bond motifs is 1. The van der Waals surface area contributed by atoms with Crippen LogP contribution in [0, 0.1) is 0 Å². The van der Waals surface area contributed by atoms with Gasteiger partial charge in [0.15, 0.2) is 0 Å². The van der Waals surface area contributed by atoms with E-state index in [1.165, 1.54) is 6.20 Å². The quantitative estimate of drug-likeness (QED) is 0.321. The number of aliphatic hydroxyl groups excluding tert-OH is 1. The monoisotopic (exact) mass is 456 g/mol. The number of pyridine rings is 3. The maximum atomic E-state index is 12.9. The molecule has 9 heteroatoms. The number of aliphatic hydroxyl groups is 1. The summed E-state index contributed by atoms with van der Waals surface area (Å²) >= 11 is 0. The molecule has 0 spiro atoms. The van der Waals surface area contributed by atoms with Crippen LogP contribution in [0.4, 0.5) is 11.6 Å². The van der Waals surface area contributed by atoms with Crippen molar-refractivity contribution in [3.63, 3.8) is 0 Å². The van der Waals surface area contributed by atoms with Crippen LogP contribution in [0.2, 0.25) is 0 Å². The van der Waals surface area contributed by atoms with Crippen molar-refractivity contribution in [2.45, 2.75) is 19.6 Å². The summed E-state index contributed by atoms with van der Waals surface area (Å²) in [6.07, 6.45) is 4.19. The predicted molar refractivity (Wildman–Crippen MR) is 130 cm³/mol. The van der Waals surface area contributed by atoms with Gasteiger partial charge in [0.1, 0.15) is 17.3 Å². The summed E-state index contributed by atoms with van der Waals surface area (Å²) in [5.74, 6) is 0.132. The van der Waals surface area contributed by atoms with Gasteiger partial charge in [0.25, 0.3) is 11.8 Å². The average Bonchev–Trinajstić information content (AvgIpc) is 2.86. The third-order valence-electron chi connectivity index (χ3n) is 5.00. The number of hydrogen-bond acceptors (Lipinski definition) is 7. The Labute approximate surface area is 196 Å². The molecule has 0 aliphatic heterocycles. The minimum Gasteiger partial charge on any atom is -0.392 e. The highest BCUT2D eigenvalue weighted by Crippen LogP contribution is 2.19. The van der Waals surface area contributed by atoms with Crippen molar-refractivity contribution in [1.29, 1.82) is 0 Å². The van der Waals surface area contributed by atoms with Crippen LogP contribution in [0.1, 0.15) is 33.3 Å². The second kappa shape index (κ2) is 10.5. The van der Waals surface area contributed by atoms with Crippen LogP contribution in [0.25, 0.3) is 10.8 Å². The lowest BCUT2D eigenvalue weighted by Gasteiger charge is -2.12. The zero-order valence-corrected chi connectivity index (χ0v) is 18.5. The molecule has 4 N–H and O–H groups in total. The maximum Gasteiger partial charge on any atom is 0.269 e. The van der Waals surface area contributed by atoms with E-state index in [1.807, 2.05) is 30.3 Å². The first-order valence-corrected chi connectivity index (χ1v) is 10.8. The van der Waals surface area contributed by atoms with E-state index in [0.717, 1.165) is 16.3 Å². The number of nitrogens with zero attached hydrogens (tertiary/aromatic N) is 3. The first kappa shape index (κ1) is 22.8. The Balaban J connectivity index is 1.44. The molecular weight excluding hydrogens is 432 g/mol. The fourth-order valence-electron chi connectivity index (χ4n) is 3.29. The van der Waals surface area contributed by atoms with E-state index in [9.17, 15) is 14.7 Å². The lowest BCUT2D eigenvalue weighted by Crippen LogP contribution is -2.31. The van der Waals surface area contributed by atoms with Crippen molar-refractivity contribution in [2.75, 3.05) is 17.2 Å². The van der Waals surface area contributed by atoms with Gasteiger partial charge in [-0.05, 0) is 48.2 Å². The van der Waals surface area contributed by atoms with Crippen LogP contribution in [-0.2, 0) is 6.54 Å². The summed E-state index contributed by atoms with van der Waals surface area (Å²) in [5, 5.41) is 19.9. The molecule has 1 unspecified atom stereocenters. The largest absolute Gasteiger partial charge is 0.392 e. The summed E-state index contributed by atoms with van der Waals surface area (Å²) in [4.78, 5) is 37.8. The molecule has 0 saturated carbocycles. The van der Waals surface area contributed by atoms with Gasteiger partial charge in [-0.3, -0.25) is 14.6 Å². The van der Waals surface area contributed by atoms with Crippen LogP contribution in [0.5, 0.6) is 0 Å². The third kappa shape index (κ3) is 5.70. The summed E-state index contributed by atoms with van der Waals surface area (Å²) in [6.45, 7) is 2.05.